The fraction of sp³-hybridized carbons (Fsp3) is 0.0588. The van der Waals surface area contributed by atoms with Gasteiger partial charge < -0.3 is 0 Å². The van der Waals surface area contributed by atoms with Gasteiger partial charge in [-0.15, -0.1) is 0 Å². The van der Waals surface area contributed by atoms with Crippen LogP contribution in [0.2, 0.25) is 5.02 Å². The van der Waals surface area contributed by atoms with E-state index in [2.05, 4.69) is 4.98 Å². The third-order valence-electron chi connectivity index (χ3n) is 3.17. The summed E-state index contributed by atoms with van der Waals surface area (Å²) in [6.07, 6.45) is 1.72. The maximum atomic E-state index is 12.5. The van der Waals surface area contributed by atoms with Crippen LogP contribution in [0.4, 0.5) is 0 Å². The number of nitrogens with zero attached hydrogens (tertiary/aromatic N) is 1. The average molecular weight is 282 g/mol. The molecule has 1 heterocycles. The maximum absolute atomic E-state index is 12.5. The molecule has 2 nitrogen and oxygen atoms in total. The molecule has 3 rings (SSSR count). The van der Waals surface area contributed by atoms with E-state index in [1.54, 1.807) is 12.3 Å². The van der Waals surface area contributed by atoms with Gasteiger partial charge in [-0.3, -0.25) is 9.78 Å². The lowest BCUT2D eigenvalue weighted by Crippen LogP contribution is -2.02. The lowest BCUT2D eigenvalue weighted by molar-refractivity contribution is 0.103. The molecule has 3 aromatic rings. The number of hydrogen-bond donors (Lipinski definition) is 0. The molecule has 0 N–H and O–H groups in total. The maximum Gasteiger partial charge on any atom is 0.193 e. The predicted octanol–water partition coefficient (Wildman–Crippen LogP) is 4.43. The van der Waals surface area contributed by atoms with Gasteiger partial charge in [-0.2, -0.15) is 0 Å². The van der Waals surface area contributed by atoms with E-state index >= 15 is 0 Å². The fourth-order valence-corrected chi connectivity index (χ4v) is 2.53. The number of benzene rings is 2. The summed E-state index contributed by atoms with van der Waals surface area (Å²) >= 11 is 6.01. The Morgan fingerprint density at radius 3 is 2.70 bits per heavy atom. The van der Waals surface area contributed by atoms with Gasteiger partial charge in [0.1, 0.15) is 0 Å². The second kappa shape index (κ2) is 5.06. The van der Waals surface area contributed by atoms with Crippen LogP contribution in [0.3, 0.4) is 0 Å². The highest BCUT2D eigenvalue weighted by molar-refractivity contribution is 6.31. The summed E-state index contributed by atoms with van der Waals surface area (Å²) in [5.74, 6) is -0.0387. The van der Waals surface area contributed by atoms with Gasteiger partial charge in [0.15, 0.2) is 5.78 Å². The summed E-state index contributed by atoms with van der Waals surface area (Å²) in [5, 5.41) is 1.60. The van der Waals surface area contributed by atoms with Crippen LogP contribution in [-0.4, -0.2) is 10.8 Å². The number of fused-ring (bicyclic) bond motifs is 1. The average Bonchev–Trinajstić information content (AvgIpc) is 2.45. The van der Waals surface area contributed by atoms with Crippen molar-refractivity contribution in [2.24, 2.45) is 0 Å². The van der Waals surface area contributed by atoms with Crippen molar-refractivity contribution in [3.8, 4) is 0 Å². The lowest BCUT2D eigenvalue weighted by atomic mass is 10.0. The Morgan fingerprint density at radius 2 is 1.90 bits per heavy atom. The van der Waals surface area contributed by atoms with Crippen LogP contribution >= 0.6 is 11.6 Å². The zero-order valence-electron chi connectivity index (χ0n) is 10.9. The molecule has 0 aliphatic heterocycles. The van der Waals surface area contributed by atoms with Gasteiger partial charge in [0.05, 0.1) is 5.52 Å². The number of halogens is 1. The first kappa shape index (κ1) is 12.8. The topological polar surface area (TPSA) is 30.0 Å². The number of carbonyl (C=O) groups excluding carboxylic acids is 1. The summed E-state index contributed by atoms with van der Waals surface area (Å²) in [5.41, 5.74) is 3.01. The molecule has 0 unspecified atom stereocenters. The molecule has 20 heavy (non-hydrogen) atoms. The molecule has 0 aliphatic rings. The minimum atomic E-state index is -0.0387. The minimum Gasteiger partial charge on any atom is -0.289 e. The van der Waals surface area contributed by atoms with Crippen molar-refractivity contribution < 1.29 is 4.79 Å². The Bertz CT molecular complexity index is 791. The monoisotopic (exact) mass is 281 g/mol. The highest BCUT2D eigenvalue weighted by atomic mass is 35.5. The Hall–Kier alpha value is -2.19. The Kier molecular flexibility index (Phi) is 3.25. The number of rotatable bonds is 2. The number of carbonyl (C=O) groups is 1. The Labute approximate surface area is 122 Å². The number of hydrogen-bond acceptors (Lipinski definition) is 2. The predicted molar refractivity (Wildman–Crippen MR) is 81.4 cm³/mol. The van der Waals surface area contributed by atoms with Gasteiger partial charge in [0.25, 0.3) is 0 Å². The molecule has 1 aromatic heterocycles. The first-order chi connectivity index (χ1) is 9.63. The molecule has 0 aliphatic carbocycles. The van der Waals surface area contributed by atoms with Crippen LogP contribution in [0.1, 0.15) is 21.5 Å². The van der Waals surface area contributed by atoms with Crippen LogP contribution in [-0.2, 0) is 0 Å². The van der Waals surface area contributed by atoms with Crippen molar-refractivity contribution in [2.45, 2.75) is 6.92 Å². The lowest BCUT2D eigenvalue weighted by Gasteiger charge is -2.05. The highest BCUT2D eigenvalue weighted by Crippen LogP contribution is 2.20. The zero-order valence-corrected chi connectivity index (χ0v) is 11.7. The van der Waals surface area contributed by atoms with Crippen molar-refractivity contribution in [3.63, 3.8) is 0 Å². The molecule has 0 atom stereocenters. The summed E-state index contributed by atoms with van der Waals surface area (Å²) in [7, 11) is 0. The Morgan fingerprint density at radius 1 is 1.05 bits per heavy atom. The number of ketones is 1. The summed E-state index contributed by atoms with van der Waals surface area (Å²) in [6, 6.07) is 14.8. The van der Waals surface area contributed by atoms with Gasteiger partial charge in [0.2, 0.25) is 0 Å². The second-order valence-electron chi connectivity index (χ2n) is 4.76. The van der Waals surface area contributed by atoms with Crippen LogP contribution in [0, 0.1) is 6.92 Å². The third-order valence-corrected chi connectivity index (χ3v) is 3.39. The fourth-order valence-electron chi connectivity index (χ4n) is 2.24. The SMILES string of the molecule is Cc1cc(Cl)cc(C(=O)c2ccc3cccnc3c2)c1. The Balaban J connectivity index is 2.07. The highest BCUT2D eigenvalue weighted by Gasteiger charge is 2.11. The molecule has 0 saturated carbocycles. The van der Waals surface area contributed by atoms with Gasteiger partial charge in [-0.05, 0) is 42.8 Å². The summed E-state index contributed by atoms with van der Waals surface area (Å²) < 4.78 is 0. The van der Waals surface area contributed by atoms with Gasteiger partial charge >= 0.3 is 0 Å². The number of aryl methyl sites for hydroxylation is 1. The van der Waals surface area contributed by atoms with E-state index < -0.39 is 0 Å². The normalized spacial score (nSPS) is 10.7. The molecule has 98 valence electrons. The van der Waals surface area contributed by atoms with Crippen LogP contribution in [0.25, 0.3) is 10.9 Å². The second-order valence-corrected chi connectivity index (χ2v) is 5.19. The molecule has 0 spiro atoms. The van der Waals surface area contributed by atoms with Crippen molar-refractivity contribution in [1.29, 1.82) is 0 Å². The summed E-state index contributed by atoms with van der Waals surface area (Å²) in [6.45, 7) is 1.92. The van der Waals surface area contributed by atoms with Gasteiger partial charge in [0, 0.05) is 27.7 Å². The van der Waals surface area contributed by atoms with E-state index in [1.807, 2.05) is 49.4 Å². The van der Waals surface area contributed by atoms with E-state index in [1.165, 1.54) is 0 Å². The first-order valence-electron chi connectivity index (χ1n) is 6.30. The van der Waals surface area contributed by atoms with Crippen LogP contribution in [0.5, 0.6) is 0 Å². The van der Waals surface area contributed by atoms with E-state index in [9.17, 15) is 4.79 Å². The van der Waals surface area contributed by atoms with Gasteiger partial charge in [-0.25, -0.2) is 0 Å². The summed E-state index contributed by atoms with van der Waals surface area (Å²) in [4.78, 5) is 16.8. The van der Waals surface area contributed by atoms with Crippen LogP contribution < -0.4 is 0 Å². The van der Waals surface area contributed by atoms with E-state index in [-0.39, 0.29) is 5.78 Å². The zero-order chi connectivity index (χ0) is 14.1. The molecule has 0 bridgehead atoms. The van der Waals surface area contributed by atoms with Crippen molar-refractivity contribution in [1.82, 2.24) is 4.98 Å². The van der Waals surface area contributed by atoms with Crippen LogP contribution in [0.15, 0.2) is 54.7 Å². The molecule has 0 saturated heterocycles. The van der Waals surface area contributed by atoms with Crippen molar-refractivity contribution >= 4 is 28.3 Å². The molecule has 0 amide bonds. The molecular formula is C17H12ClNO. The largest absolute Gasteiger partial charge is 0.289 e. The molecular weight excluding hydrogens is 270 g/mol. The van der Waals surface area contributed by atoms with E-state index in [0.29, 0.717) is 16.1 Å². The van der Waals surface area contributed by atoms with E-state index in [0.717, 1.165) is 16.5 Å². The molecule has 2 aromatic carbocycles. The standard InChI is InChI=1S/C17H12ClNO/c1-11-7-14(9-15(18)8-11)17(20)13-5-4-12-3-2-6-19-16(12)10-13/h2-10H,1H3. The third kappa shape index (κ3) is 2.43. The minimum absolute atomic E-state index is 0.0387. The molecule has 0 fully saturated rings. The quantitative estimate of drug-likeness (QED) is 0.651. The van der Waals surface area contributed by atoms with Crippen molar-refractivity contribution in [2.75, 3.05) is 0 Å². The molecule has 0 radical (unpaired) electrons. The smallest absolute Gasteiger partial charge is 0.193 e. The van der Waals surface area contributed by atoms with E-state index in [4.69, 9.17) is 11.6 Å². The number of aromatic nitrogens is 1. The number of pyridine rings is 1. The van der Waals surface area contributed by atoms with Crippen molar-refractivity contribution in [3.05, 3.63) is 76.4 Å². The van der Waals surface area contributed by atoms with Gasteiger partial charge in [-0.1, -0.05) is 29.8 Å². The molecule has 3 heteroatoms. The first-order valence-corrected chi connectivity index (χ1v) is 6.68.